The molecule has 0 spiro atoms. The van der Waals surface area contributed by atoms with E-state index in [1.165, 1.54) is 4.90 Å². The summed E-state index contributed by atoms with van der Waals surface area (Å²) in [4.78, 5) is 26.8. The summed E-state index contributed by atoms with van der Waals surface area (Å²) in [5.41, 5.74) is 3.36. The Bertz CT molecular complexity index is 941. The number of amides is 2. The Morgan fingerprint density at radius 3 is 2.64 bits per heavy atom. The lowest BCUT2D eigenvalue weighted by molar-refractivity contribution is -0.136. The third kappa shape index (κ3) is 3.00. The summed E-state index contributed by atoms with van der Waals surface area (Å²) in [6.07, 6.45) is 0. The second kappa shape index (κ2) is 7.03. The molecule has 0 bridgehead atoms. The number of aryl methyl sites for hydroxylation is 2. The van der Waals surface area contributed by atoms with Crippen LogP contribution in [-0.2, 0) is 16.1 Å². The number of rotatable bonds is 5. The highest BCUT2D eigenvalue weighted by atomic mass is 16.5. The van der Waals surface area contributed by atoms with Crippen molar-refractivity contribution in [2.24, 2.45) is 0 Å². The van der Waals surface area contributed by atoms with Crippen LogP contribution in [0.15, 0.2) is 40.1 Å². The van der Waals surface area contributed by atoms with Crippen molar-refractivity contribution in [1.29, 1.82) is 0 Å². The molecular formula is C20H21N3O5. The summed E-state index contributed by atoms with van der Waals surface area (Å²) in [5.74, 6) is 0.959. The number of nitrogens with zero attached hydrogens (tertiary/aromatic N) is 2. The van der Waals surface area contributed by atoms with Gasteiger partial charge in [-0.25, -0.2) is 9.59 Å². The average Bonchev–Trinajstić information content (AvgIpc) is 3.21. The lowest BCUT2D eigenvalue weighted by Gasteiger charge is -2.32. The number of cyclic esters (lactones) is 1. The molecule has 0 aliphatic carbocycles. The summed E-state index contributed by atoms with van der Waals surface area (Å²) < 4.78 is 15.9. The fraction of sp³-hybridized carbons (Fsp3) is 0.350. The molecule has 0 saturated carbocycles. The van der Waals surface area contributed by atoms with Gasteiger partial charge in [0.25, 0.3) is 0 Å². The third-order valence-electron chi connectivity index (χ3n) is 5.02. The monoisotopic (exact) mass is 383 g/mol. The van der Waals surface area contributed by atoms with E-state index in [1.54, 1.807) is 6.92 Å². The summed E-state index contributed by atoms with van der Waals surface area (Å²) in [5, 5.41) is 6.86. The number of carbonyl (C=O) groups is 2. The van der Waals surface area contributed by atoms with Crippen LogP contribution in [0.4, 0.5) is 4.79 Å². The van der Waals surface area contributed by atoms with E-state index in [1.807, 2.05) is 38.1 Å². The van der Waals surface area contributed by atoms with E-state index in [0.717, 1.165) is 16.9 Å². The maximum Gasteiger partial charge on any atom is 0.338 e. The predicted molar refractivity (Wildman–Crippen MR) is 98.4 cm³/mol. The maximum atomic E-state index is 12.9. The Hall–Kier alpha value is -3.29. The van der Waals surface area contributed by atoms with Crippen LogP contribution in [0.2, 0.25) is 0 Å². The van der Waals surface area contributed by atoms with Gasteiger partial charge < -0.3 is 19.3 Å². The Morgan fingerprint density at radius 2 is 2.00 bits per heavy atom. The third-order valence-corrected chi connectivity index (χ3v) is 5.02. The van der Waals surface area contributed by atoms with E-state index in [9.17, 15) is 9.59 Å². The standard InChI is InChI=1S/C20H21N3O5/c1-4-26-14-7-5-13(6-8-14)18-17-16(10-27-19(17)24)23(20(25)21-18)9-15-11(2)22-28-12(15)3/h5-8,18H,4,9-10H2,1-3H3,(H,21,25)/t18-/m1/s1. The molecule has 2 amide bonds. The lowest BCUT2D eigenvalue weighted by Crippen LogP contribution is -2.46. The van der Waals surface area contributed by atoms with Crippen molar-refractivity contribution in [3.8, 4) is 5.75 Å². The van der Waals surface area contributed by atoms with Gasteiger partial charge in [0.2, 0.25) is 0 Å². The highest BCUT2D eigenvalue weighted by Crippen LogP contribution is 2.36. The number of ether oxygens (including phenoxy) is 2. The molecule has 0 unspecified atom stereocenters. The van der Waals surface area contributed by atoms with Gasteiger partial charge in [-0.15, -0.1) is 0 Å². The molecule has 1 aromatic carbocycles. The van der Waals surface area contributed by atoms with E-state index < -0.39 is 12.0 Å². The van der Waals surface area contributed by atoms with Gasteiger partial charge in [-0.05, 0) is 38.5 Å². The number of hydrogen-bond acceptors (Lipinski definition) is 6. The fourth-order valence-corrected chi connectivity index (χ4v) is 3.54. The van der Waals surface area contributed by atoms with Crippen molar-refractivity contribution in [3.05, 3.63) is 58.1 Å². The van der Waals surface area contributed by atoms with E-state index >= 15 is 0 Å². The summed E-state index contributed by atoms with van der Waals surface area (Å²) in [6, 6.07) is 6.47. The minimum atomic E-state index is -0.561. The van der Waals surface area contributed by atoms with Crippen LogP contribution in [0.5, 0.6) is 5.75 Å². The predicted octanol–water partition coefficient (Wildman–Crippen LogP) is 2.77. The first kappa shape index (κ1) is 18.1. The highest BCUT2D eigenvalue weighted by molar-refractivity contribution is 5.97. The molecule has 28 heavy (non-hydrogen) atoms. The van der Waals surface area contributed by atoms with E-state index in [0.29, 0.717) is 29.3 Å². The second-order valence-electron chi connectivity index (χ2n) is 6.71. The van der Waals surface area contributed by atoms with Gasteiger partial charge in [0.1, 0.15) is 18.1 Å². The SMILES string of the molecule is CCOc1ccc([C@H]2NC(=O)N(Cc3c(C)noc3C)C3=C2C(=O)OC3)cc1. The molecule has 2 aliphatic rings. The number of benzene rings is 1. The van der Waals surface area contributed by atoms with Crippen molar-refractivity contribution in [3.63, 3.8) is 0 Å². The molecule has 2 aliphatic heterocycles. The highest BCUT2D eigenvalue weighted by Gasteiger charge is 2.42. The zero-order chi connectivity index (χ0) is 19.8. The minimum Gasteiger partial charge on any atom is -0.494 e. The molecule has 1 atom stereocenters. The van der Waals surface area contributed by atoms with Gasteiger partial charge in [-0.3, -0.25) is 4.90 Å². The molecule has 1 aromatic heterocycles. The van der Waals surface area contributed by atoms with Gasteiger partial charge in [0.05, 0.1) is 36.2 Å². The molecule has 146 valence electrons. The Kier molecular flexibility index (Phi) is 4.54. The van der Waals surface area contributed by atoms with Crippen LogP contribution in [0, 0.1) is 13.8 Å². The van der Waals surface area contributed by atoms with Gasteiger partial charge in [-0.1, -0.05) is 17.3 Å². The van der Waals surface area contributed by atoms with Gasteiger partial charge in [0, 0.05) is 5.56 Å². The zero-order valence-electron chi connectivity index (χ0n) is 15.9. The molecule has 8 heteroatoms. The number of esters is 1. The second-order valence-corrected chi connectivity index (χ2v) is 6.71. The number of hydrogen-bond donors (Lipinski definition) is 1. The van der Waals surface area contributed by atoms with Crippen molar-refractivity contribution >= 4 is 12.0 Å². The summed E-state index contributed by atoms with van der Waals surface area (Å²) in [7, 11) is 0. The normalized spacial score (nSPS) is 18.8. The maximum absolute atomic E-state index is 12.9. The van der Waals surface area contributed by atoms with E-state index in [-0.39, 0.29) is 19.2 Å². The number of urea groups is 1. The van der Waals surface area contributed by atoms with Crippen LogP contribution < -0.4 is 10.1 Å². The zero-order valence-corrected chi connectivity index (χ0v) is 15.9. The van der Waals surface area contributed by atoms with E-state index in [2.05, 4.69) is 10.5 Å². The quantitative estimate of drug-likeness (QED) is 0.798. The molecule has 2 aromatic rings. The number of carbonyl (C=O) groups excluding carboxylic acids is 2. The first-order valence-corrected chi connectivity index (χ1v) is 9.12. The molecule has 1 N–H and O–H groups in total. The number of nitrogens with one attached hydrogen (secondary N) is 1. The smallest absolute Gasteiger partial charge is 0.338 e. The fourth-order valence-electron chi connectivity index (χ4n) is 3.54. The van der Waals surface area contributed by atoms with Crippen LogP contribution in [0.25, 0.3) is 0 Å². The first-order valence-electron chi connectivity index (χ1n) is 9.12. The van der Waals surface area contributed by atoms with Crippen molar-refractivity contribution in [1.82, 2.24) is 15.4 Å². The Labute approximate surface area is 162 Å². The van der Waals surface area contributed by atoms with Crippen LogP contribution in [-0.4, -0.2) is 35.3 Å². The average molecular weight is 383 g/mol. The van der Waals surface area contributed by atoms with Gasteiger partial charge in [0.15, 0.2) is 0 Å². The van der Waals surface area contributed by atoms with Gasteiger partial charge in [-0.2, -0.15) is 0 Å². The summed E-state index contributed by atoms with van der Waals surface area (Å²) in [6.45, 7) is 6.43. The first-order chi connectivity index (χ1) is 13.5. The van der Waals surface area contributed by atoms with Crippen LogP contribution >= 0.6 is 0 Å². The van der Waals surface area contributed by atoms with Crippen LogP contribution in [0.1, 0.15) is 35.5 Å². The van der Waals surface area contributed by atoms with Crippen LogP contribution in [0.3, 0.4) is 0 Å². The largest absolute Gasteiger partial charge is 0.494 e. The number of aromatic nitrogens is 1. The Balaban J connectivity index is 1.69. The van der Waals surface area contributed by atoms with Crippen molar-refractivity contribution in [2.75, 3.05) is 13.2 Å². The molecule has 3 heterocycles. The molecule has 0 radical (unpaired) electrons. The minimum absolute atomic E-state index is 0.0679. The lowest BCUT2D eigenvalue weighted by atomic mass is 9.95. The molecular weight excluding hydrogens is 362 g/mol. The molecule has 4 rings (SSSR count). The van der Waals surface area contributed by atoms with Crippen molar-refractivity contribution < 1.29 is 23.6 Å². The van der Waals surface area contributed by atoms with E-state index in [4.69, 9.17) is 14.0 Å². The molecule has 0 fully saturated rings. The summed E-state index contributed by atoms with van der Waals surface area (Å²) >= 11 is 0. The topological polar surface area (TPSA) is 93.9 Å². The molecule has 0 saturated heterocycles. The van der Waals surface area contributed by atoms with Gasteiger partial charge >= 0.3 is 12.0 Å². The van der Waals surface area contributed by atoms with Crippen molar-refractivity contribution in [2.45, 2.75) is 33.4 Å². The Morgan fingerprint density at radius 1 is 1.25 bits per heavy atom. The molecule has 8 nitrogen and oxygen atoms in total.